The quantitative estimate of drug-likeness (QED) is 0.720. The Kier molecular flexibility index (Phi) is 3.62. The molecule has 2 aliphatic rings. The molecule has 2 nitrogen and oxygen atoms in total. The summed E-state index contributed by atoms with van der Waals surface area (Å²) >= 11 is 0. The number of benzene rings is 1. The standard InChI is InChI=1S/C15H21FN2/c16-13-6-5-12-10-17-11-15(14(12)9-13)18-7-3-1-2-4-8-18/h5-6,9,15,17H,1-4,7-8,10-11H2/p+2/t15-/m1/s1. The zero-order valence-electron chi connectivity index (χ0n) is 10.9. The Morgan fingerprint density at radius 3 is 2.67 bits per heavy atom. The van der Waals surface area contributed by atoms with Crippen molar-refractivity contribution < 1.29 is 14.6 Å². The van der Waals surface area contributed by atoms with E-state index in [1.165, 1.54) is 49.9 Å². The fourth-order valence-corrected chi connectivity index (χ4v) is 3.53. The van der Waals surface area contributed by atoms with E-state index >= 15 is 0 Å². The average Bonchev–Trinajstić information content (AvgIpc) is 2.67. The lowest BCUT2D eigenvalue weighted by Gasteiger charge is -2.30. The van der Waals surface area contributed by atoms with Gasteiger partial charge in [0.05, 0.1) is 13.1 Å². The van der Waals surface area contributed by atoms with Gasteiger partial charge in [0.2, 0.25) is 0 Å². The van der Waals surface area contributed by atoms with E-state index in [1.807, 2.05) is 6.07 Å². The van der Waals surface area contributed by atoms with E-state index in [-0.39, 0.29) is 5.82 Å². The molecule has 3 rings (SSSR count). The number of nitrogens with two attached hydrogens (primary N) is 1. The maximum atomic E-state index is 13.5. The zero-order valence-corrected chi connectivity index (χ0v) is 10.9. The third-order valence-corrected chi connectivity index (χ3v) is 4.49. The molecule has 2 aliphatic heterocycles. The van der Waals surface area contributed by atoms with E-state index in [0.717, 1.165) is 13.1 Å². The number of rotatable bonds is 1. The second-order valence-electron chi connectivity index (χ2n) is 5.70. The lowest BCUT2D eigenvalue weighted by molar-refractivity contribution is -0.947. The van der Waals surface area contributed by atoms with Crippen LogP contribution in [0.4, 0.5) is 4.39 Å². The summed E-state index contributed by atoms with van der Waals surface area (Å²) in [5, 5.41) is 2.38. The molecule has 1 saturated heterocycles. The van der Waals surface area contributed by atoms with Crippen LogP contribution in [0.25, 0.3) is 0 Å². The zero-order chi connectivity index (χ0) is 12.4. The Morgan fingerprint density at radius 1 is 1.11 bits per heavy atom. The van der Waals surface area contributed by atoms with E-state index in [2.05, 4.69) is 5.32 Å². The molecule has 1 fully saturated rings. The molecular weight excluding hydrogens is 227 g/mol. The van der Waals surface area contributed by atoms with Crippen molar-refractivity contribution in [2.24, 2.45) is 0 Å². The molecule has 0 aromatic heterocycles. The summed E-state index contributed by atoms with van der Waals surface area (Å²) in [7, 11) is 0. The largest absolute Gasteiger partial charge is 0.337 e. The topological polar surface area (TPSA) is 21.1 Å². The molecule has 2 heterocycles. The molecule has 0 spiro atoms. The first-order valence-electron chi connectivity index (χ1n) is 7.29. The van der Waals surface area contributed by atoms with Crippen LogP contribution in [0.15, 0.2) is 18.2 Å². The average molecular weight is 250 g/mol. The number of hydrogen-bond acceptors (Lipinski definition) is 0. The predicted molar refractivity (Wildman–Crippen MR) is 68.8 cm³/mol. The SMILES string of the molecule is Fc1ccc2c(c1)[C@H]([NH+]1CCCCCC1)C[NH2+]C2. The van der Waals surface area contributed by atoms with Crippen molar-refractivity contribution in [1.29, 1.82) is 0 Å². The van der Waals surface area contributed by atoms with E-state index < -0.39 is 0 Å². The lowest BCUT2D eigenvalue weighted by Crippen LogP contribution is -3.15. The number of quaternary nitrogens is 2. The van der Waals surface area contributed by atoms with Gasteiger partial charge in [-0.25, -0.2) is 4.39 Å². The van der Waals surface area contributed by atoms with Gasteiger partial charge in [-0.2, -0.15) is 0 Å². The van der Waals surface area contributed by atoms with Crippen LogP contribution < -0.4 is 10.2 Å². The van der Waals surface area contributed by atoms with Crippen molar-refractivity contribution in [3.8, 4) is 0 Å². The smallest absolute Gasteiger partial charge is 0.163 e. The Hall–Kier alpha value is -0.930. The summed E-state index contributed by atoms with van der Waals surface area (Å²) in [5.74, 6) is -0.0742. The maximum absolute atomic E-state index is 13.5. The first-order chi connectivity index (χ1) is 8.84. The summed E-state index contributed by atoms with van der Waals surface area (Å²) in [5.41, 5.74) is 2.61. The predicted octanol–water partition coefficient (Wildman–Crippen LogP) is 0.403. The van der Waals surface area contributed by atoms with Gasteiger partial charge in [0.15, 0.2) is 6.04 Å². The molecule has 1 aromatic carbocycles. The molecule has 0 radical (unpaired) electrons. The summed E-state index contributed by atoms with van der Waals surface area (Å²) in [6.45, 7) is 4.65. The third-order valence-electron chi connectivity index (χ3n) is 4.49. The highest BCUT2D eigenvalue weighted by molar-refractivity contribution is 5.30. The molecule has 0 aliphatic carbocycles. The second-order valence-corrected chi connectivity index (χ2v) is 5.70. The van der Waals surface area contributed by atoms with Gasteiger partial charge in [-0.15, -0.1) is 0 Å². The van der Waals surface area contributed by atoms with Crippen molar-refractivity contribution in [3.63, 3.8) is 0 Å². The molecular formula is C15H23FN2+2. The Balaban J connectivity index is 1.87. The van der Waals surface area contributed by atoms with Crippen LogP contribution in [0.5, 0.6) is 0 Å². The number of fused-ring (bicyclic) bond motifs is 1. The maximum Gasteiger partial charge on any atom is 0.163 e. The first kappa shape index (κ1) is 12.1. The molecule has 0 amide bonds. The monoisotopic (exact) mass is 250 g/mol. The van der Waals surface area contributed by atoms with Crippen molar-refractivity contribution in [1.82, 2.24) is 0 Å². The Morgan fingerprint density at radius 2 is 1.89 bits per heavy atom. The van der Waals surface area contributed by atoms with Gasteiger partial charge in [-0.1, -0.05) is 0 Å². The molecule has 0 saturated carbocycles. The van der Waals surface area contributed by atoms with Crippen LogP contribution in [0.2, 0.25) is 0 Å². The fraction of sp³-hybridized carbons (Fsp3) is 0.600. The molecule has 3 heteroatoms. The van der Waals surface area contributed by atoms with Gasteiger partial charge < -0.3 is 10.2 Å². The minimum Gasteiger partial charge on any atom is -0.337 e. The lowest BCUT2D eigenvalue weighted by atomic mass is 9.95. The van der Waals surface area contributed by atoms with E-state index in [4.69, 9.17) is 0 Å². The molecule has 0 unspecified atom stereocenters. The highest BCUT2D eigenvalue weighted by Gasteiger charge is 2.32. The fourth-order valence-electron chi connectivity index (χ4n) is 3.53. The van der Waals surface area contributed by atoms with Gasteiger partial charge in [0, 0.05) is 11.1 Å². The van der Waals surface area contributed by atoms with Crippen molar-refractivity contribution >= 4 is 0 Å². The number of halogens is 1. The summed E-state index contributed by atoms with van der Waals surface area (Å²) in [6.07, 6.45) is 5.40. The normalized spacial score (nSPS) is 25.5. The Bertz CT molecular complexity index is 411. The van der Waals surface area contributed by atoms with Crippen LogP contribution in [0, 0.1) is 5.82 Å². The molecule has 1 aromatic rings. The summed E-state index contributed by atoms with van der Waals surface area (Å²) in [4.78, 5) is 1.68. The molecule has 0 bridgehead atoms. The third kappa shape index (κ3) is 2.43. The van der Waals surface area contributed by atoms with Crippen molar-refractivity contribution in [3.05, 3.63) is 35.1 Å². The molecule has 1 atom stereocenters. The van der Waals surface area contributed by atoms with Gasteiger partial charge in [-0.3, -0.25) is 0 Å². The van der Waals surface area contributed by atoms with E-state index in [9.17, 15) is 4.39 Å². The van der Waals surface area contributed by atoms with Gasteiger partial charge in [0.1, 0.15) is 18.9 Å². The van der Waals surface area contributed by atoms with Crippen LogP contribution in [-0.2, 0) is 6.54 Å². The highest BCUT2D eigenvalue weighted by Crippen LogP contribution is 2.19. The summed E-state index contributed by atoms with van der Waals surface area (Å²) in [6, 6.07) is 5.87. The summed E-state index contributed by atoms with van der Waals surface area (Å²) < 4.78 is 13.5. The molecule has 3 N–H and O–H groups in total. The van der Waals surface area contributed by atoms with Crippen molar-refractivity contribution in [2.45, 2.75) is 38.3 Å². The minimum absolute atomic E-state index is 0.0742. The number of nitrogens with one attached hydrogen (secondary N) is 1. The molecule has 98 valence electrons. The van der Waals surface area contributed by atoms with Crippen LogP contribution in [-0.4, -0.2) is 19.6 Å². The van der Waals surface area contributed by atoms with E-state index in [0.29, 0.717) is 6.04 Å². The van der Waals surface area contributed by atoms with Crippen LogP contribution >= 0.6 is 0 Å². The number of hydrogen-bond donors (Lipinski definition) is 2. The van der Waals surface area contributed by atoms with Crippen molar-refractivity contribution in [2.75, 3.05) is 19.6 Å². The number of likely N-dealkylation sites (tertiary alicyclic amines) is 1. The first-order valence-corrected chi connectivity index (χ1v) is 7.29. The Labute approximate surface area is 108 Å². The highest BCUT2D eigenvalue weighted by atomic mass is 19.1. The second kappa shape index (κ2) is 5.37. The van der Waals surface area contributed by atoms with Gasteiger partial charge >= 0.3 is 0 Å². The van der Waals surface area contributed by atoms with Crippen LogP contribution in [0.3, 0.4) is 0 Å². The van der Waals surface area contributed by atoms with Gasteiger partial charge in [-0.05, 0) is 43.9 Å². The van der Waals surface area contributed by atoms with Gasteiger partial charge in [0.25, 0.3) is 0 Å². The minimum atomic E-state index is -0.0742. The van der Waals surface area contributed by atoms with E-state index in [1.54, 1.807) is 17.0 Å². The van der Waals surface area contributed by atoms with Crippen LogP contribution in [0.1, 0.15) is 42.9 Å². The molecule has 18 heavy (non-hydrogen) atoms.